The maximum Gasteiger partial charge on any atom is 0.270 e. The van der Waals surface area contributed by atoms with Crippen LogP contribution in [0.1, 0.15) is 34.2 Å². The van der Waals surface area contributed by atoms with Gasteiger partial charge in [-0.05, 0) is 42.0 Å². The molecule has 0 bridgehead atoms. The quantitative estimate of drug-likeness (QED) is 0.646. The first-order valence-electron chi connectivity index (χ1n) is 10.6. The Labute approximate surface area is 181 Å². The predicted molar refractivity (Wildman–Crippen MR) is 113 cm³/mol. The third-order valence-electron chi connectivity index (χ3n) is 5.92. The highest BCUT2D eigenvalue weighted by Gasteiger charge is 2.29. The lowest BCUT2D eigenvalue weighted by Gasteiger charge is -2.38. The van der Waals surface area contributed by atoms with Crippen molar-refractivity contribution in [2.45, 2.75) is 32.4 Å². The lowest BCUT2D eigenvalue weighted by atomic mass is 9.94. The molecule has 2 aromatic heterocycles. The number of amides is 2. The van der Waals surface area contributed by atoms with Crippen LogP contribution in [0, 0.1) is 5.92 Å². The van der Waals surface area contributed by atoms with Crippen LogP contribution in [0.5, 0.6) is 0 Å². The first-order valence-corrected chi connectivity index (χ1v) is 10.6. The lowest BCUT2D eigenvalue weighted by Crippen LogP contribution is -2.49. The molecule has 0 aliphatic carbocycles. The van der Waals surface area contributed by atoms with Crippen molar-refractivity contribution in [2.24, 2.45) is 5.92 Å². The van der Waals surface area contributed by atoms with Crippen molar-refractivity contribution in [1.29, 1.82) is 0 Å². The second kappa shape index (κ2) is 9.49. The third-order valence-corrected chi connectivity index (χ3v) is 5.92. The summed E-state index contributed by atoms with van der Waals surface area (Å²) in [6.45, 7) is 5.32. The molecule has 0 radical (unpaired) electrons. The van der Waals surface area contributed by atoms with E-state index < -0.39 is 6.10 Å². The van der Waals surface area contributed by atoms with Gasteiger partial charge in [0.15, 0.2) is 0 Å². The van der Waals surface area contributed by atoms with E-state index in [-0.39, 0.29) is 18.4 Å². The molecule has 164 valence electrons. The Balaban J connectivity index is 1.23. The fourth-order valence-electron chi connectivity index (χ4n) is 4.14. The summed E-state index contributed by atoms with van der Waals surface area (Å²) in [4.78, 5) is 40.2. The summed E-state index contributed by atoms with van der Waals surface area (Å²) in [5.41, 5.74) is 3.58. The Morgan fingerprint density at radius 3 is 2.94 bits per heavy atom. The number of aromatic nitrogens is 3. The van der Waals surface area contributed by atoms with Gasteiger partial charge in [-0.3, -0.25) is 19.5 Å². The molecule has 1 fully saturated rings. The van der Waals surface area contributed by atoms with E-state index in [0.29, 0.717) is 24.6 Å². The van der Waals surface area contributed by atoms with Gasteiger partial charge in [0.2, 0.25) is 5.91 Å². The number of carbonyl (C=O) groups is 2. The molecule has 9 nitrogen and oxygen atoms in total. The molecule has 2 aliphatic rings. The van der Waals surface area contributed by atoms with Crippen molar-refractivity contribution in [2.75, 3.05) is 32.7 Å². The Morgan fingerprint density at radius 1 is 1.29 bits per heavy atom. The predicted octanol–water partition coefficient (Wildman–Crippen LogP) is 0.0414. The SMILES string of the molecule is CC(=O)N1CC(Cc2cc(C(=O)NC[C@H](O)CN3CCc4cnccc4C3)ncn2)C1. The van der Waals surface area contributed by atoms with Crippen molar-refractivity contribution in [3.8, 4) is 0 Å². The molecule has 9 heteroatoms. The third kappa shape index (κ3) is 5.42. The number of carbonyl (C=O) groups excluding carboxylic acids is 2. The number of nitrogens with zero attached hydrogens (tertiary/aromatic N) is 5. The van der Waals surface area contributed by atoms with Gasteiger partial charge in [0.1, 0.15) is 12.0 Å². The average molecular weight is 425 g/mol. The van der Waals surface area contributed by atoms with Crippen LogP contribution >= 0.6 is 0 Å². The van der Waals surface area contributed by atoms with E-state index in [1.807, 2.05) is 12.3 Å². The van der Waals surface area contributed by atoms with Crippen LogP contribution in [-0.2, 0) is 24.2 Å². The molecule has 4 heterocycles. The van der Waals surface area contributed by atoms with Crippen LogP contribution in [0.15, 0.2) is 30.9 Å². The molecule has 1 atom stereocenters. The smallest absolute Gasteiger partial charge is 0.270 e. The van der Waals surface area contributed by atoms with Gasteiger partial charge in [0.25, 0.3) is 5.91 Å². The lowest BCUT2D eigenvalue weighted by molar-refractivity contribution is -0.134. The summed E-state index contributed by atoms with van der Waals surface area (Å²) >= 11 is 0. The van der Waals surface area contributed by atoms with Crippen molar-refractivity contribution in [3.05, 3.63) is 53.4 Å². The van der Waals surface area contributed by atoms with Gasteiger partial charge in [0.05, 0.1) is 6.10 Å². The highest BCUT2D eigenvalue weighted by atomic mass is 16.3. The number of aliphatic hydroxyl groups is 1. The molecule has 0 saturated carbocycles. The van der Waals surface area contributed by atoms with Gasteiger partial charge in [-0.1, -0.05) is 0 Å². The highest BCUT2D eigenvalue weighted by Crippen LogP contribution is 2.20. The summed E-state index contributed by atoms with van der Waals surface area (Å²) in [6.07, 6.45) is 6.05. The van der Waals surface area contributed by atoms with Crippen LogP contribution in [0.3, 0.4) is 0 Å². The molecular weight excluding hydrogens is 396 g/mol. The fourth-order valence-corrected chi connectivity index (χ4v) is 4.14. The van der Waals surface area contributed by atoms with Gasteiger partial charge < -0.3 is 15.3 Å². The normalized spacial score (nSPS) is 17.5. The molecule has 1 saturated heterocycles. The maximum absolute atomic E-state index is 12.5. The maximum atomic E-state index is 12.5. The Hall–Kier alpha value is -2.91. The zero-order valence-electron chi connectivity index (χ0n) is 17.7. The number of likely N-dealkylation sites (tertiary alicyclic amines) is 1. The van der Waals surface area contributed by atoms with E-state index in [2.05, 4.69) is 25.2 Å². The van der Waals surface area contributed by atoms with Crippen LogP contribution in [0.25, 0.3) is 0 Å². The monoisotopic (exact) mass is 424 g/mol. The summed E-state index contributed by atoms with van der Waals surface area (Å²) < 4.78 is 0. The zero-order chi connectivity index (χ0) is 21.8. The second-order valence-electron chi connectivity index (χ2n) is 8.38. The zero-order valence-corrected chi connectivity index (χ0v) is 17.7. The fraction of sp³-hybridized carbons (Fsp3) is 0.500. The summed E-state index contributed by atoms with van der Waals surface area (Å²) in [5.74, 6) is 0.127. The first-order chi connectivity index (χ1) is 15.0. The summed E-state index contributed by atoms with van der Waals surface area (Å²) in [7, 11) is 0. The van der Waals surface area contributed by atoms with E-state index >= 15 is 0 Å². The van der Waals surface area contributed by atoms with E-state index in [1.165, 1.54) is 17.5 Å². The van der Waals surface area contributed by atoms with Crippen molar-refractivity contribution in [3.63, 3.8) is 0 Å². The van der Waals surface area contributed by atoms with Gasteiger partial charge in [-0.25, -0.2) is 9.97 Å². The minimum absolute atomic E-state index is 0.0864. The average Bonchev–Trinajstić information content (AvgIpc) is 2.74. The van der Waals surface area contributed by atoms with Crippen LogP contribution in [0.4, 0.5) is 0 Å². The summed E-state index contributed by atoms with van der Waals surface area (Å²) in [6, 6.07) is 3.71. The number of β-amino-alcohol motifs (C(OH)–C–C–N with tert-alkyl or cyclic N) is 1. The molecule has 4 rings (SSSR count). The molecule has 31 heavy (non-hydrogen) atoms. The van der Waals surface area contributed by atoms with E-state index in [4.69, 9.17) is 0 Å². The van der Waals surface area contributed by atoms with E-state index in [9.17, 15) is 14.7 Å². The van der Waals surface area contributed by atoms with Crippen LogP contribution < -0.4 is 5.32 Å². The second-order valence-corrected chi connectivity index (χ2v) is 8.38. The molecule has 0 aromatic carbocycles. The first kappa shape index (κ1) is 21.3. The molecule has 2 N–H and O–H groups in total. The molecular formula is C22H28N6O3. The molecule has 2 amide bonds. The van der Waals surface area contributed by atoms with E-state index in [1.54, 1.807) is 24.1 Å². The number of nitrogens with one attached hydrogen (secondary N) is 1. The van der Waals surface area contributed by atoms with Gasteiger partial charge >= 0.3 is 0 Å². The standard InChI is InChI=1S/C22H28N6O3/c1-15(29)28-10-16(11-28)6-19-7-21(26-14-25-19)22(31)24-9-20(30)13-27-5-3-17-8-23-4-2-18(17)12-27/h2,4,7-8,14,16,20,30H,3,5-6,9-13H2,1H3,(H,24,31)/t20-/m0/s1. The van der Waals surface area contributed by atoms with Crippen molar-refractivity contribution in [1.82, 2.24) is 30.1 Å². The van der Waals surface area contributed by atoms with Crippen molar-refractivity contribution < 1.29 is 14.7 Å². The number of fused-ring (bicyclic) bond motifs is 1. The number of rotatable bonds is 7. The minimum Gasteiger partial charge on any atom is -0.390 e. The number of aliphatic hydroxyl groups excluding tert-OH is 1. The molecule has 2 aromatic rings. The van der Waals surface area contributed by atoms with Crippen molar-refractivity contribution >= 4 is 11.8 Å². The van der Waals surface area contributed by atoms with E-state index in [0.717, 1.165) is 38.3 Å². The van der Waals surface area contributed by atoms with Crippen LogP contribution in [0.2, 0.25) is 0 Å². The minimum atomic E-state index is -0.666. The van der Waals surface area contributed by atoms with Crippen LogP contribution in [-0.4, -0.2) is 80.5 Å². The topological polar surface area (TPSA) is 112 Å². The Bertz CT molecular complexity index is 946. The number of pyridine rings is 1. The highest BCUT2D eigenvalue weighted by molar-refractivity contribution is 5.92. The molecule has 0 spiro atoms. The molecule has 0 unspecified atom stereocenters. The number of hydrogen-bond donors (Lipinski definition) is 2. The largest absolute Gasteiger partial charge is 0.390 e. The molecule has 2 aliphatic heterocycles. The van der Waals surface area contributed by atoms with Gasteiger partial charge in [-0.15, -0.1) is 0 Å². The summed E-state index contributed by atoms with van der Waals surface area (Å²) in [5, 5.41) is 13.2. The van der Waals surface area contributed by atoms with Gasteiger partial charge in [-0.2, -0.15) is 0 Å². The van der Waals surface area contributed by atoms with Gasteiger partial charge in [0, 0.05) is 64.3 Å². The Kier molecular flexibility index (Phi) is 6.53. The number of hydrogen-bond acceptors (Lipinski definition) is 7. The Morgan fingerprint density at radius 2 is 2.13 bits per heavy atom.